The summed E-state index contributed by atoms with van der Waals surface area (Å²) in [5, 5.41) is 19.5. The Hall–Kier alpha value is -1.47. The van der Waals surface area contributed by atoms with Crippen molar-refractivity contribution in [1.29, 1.82) is 0 Å². The van der Waals surface area contributed by atoms with Crippen LogP contribution in [0.15, 0.2) is 12.4 Å². The lowest BCUT2D eigenvalue weighted by molar-refractivity contribution is -0.121. The van der Waals surface area contributed by atoms with Crippen LogP contribution in [0.4, 0.5) is 0 Å². The number of ether oxygens (including phenoxy) is 1. The van der Waals surface area contributed by atoms with Crippen molar-refractivity contribution >= 4 is 5.91 Å². The molecule has 0 radical (unpaired) electrons. The topological polar surface area (TPSA) is 89.3 Å². The number of hydrogen-bond donors (Lipinski definition) is 2. The van der Waals surface area contributed by atoms with E-state index in [0.717, 1.165) is 0 Å². The van der Waals surface area contributed by atoms with Crippen molar-refractivity contribution in [2.75, 3.05) is 20.3 Å². The van der Waals surface area contributed by atoms with E-state index in [1.54, 1.807) is 17.1 Å². The van der Waals surface area contributed by atoms with Crippen LogP contribution in [0.1, 0.15) is 12.8 Å². The third-order valence-corrected chi connectivity index (χ3v) is 2.20. The van der Waals surface area contributed by atoms with Gasteiger partial charge in [-0.3, -0.25) is 9.48 Å². The highest BCUT2D eigenvalue weighted by molar-refractivity contribution is 5.75. The molecule has 7 heteroatoms. The predicted molar refractivity (Wildman–Crippen MR) is 60.1 cm³/mol. The second-order valence-corrected chi connectivity index (χ2v) is 3.66. The Morgan fingerprint density at radius 1 is 1.65 bits per heavy atom. The fourth-order valence-corrected chi connectivity index (χ4v) is 1.31. The molecule has 0 fully saturated rings. The van der Waals surface area contributed by atoms with Gasteiger partial charge < -0.3 is 15.2 Å². The lowest BCUT2D eigenvalue weighted by atomic mass is 10.2. The molecule has 0 saturated carbocycles. The number of aryl methyl sites for hydroxylation is 1. The first-order valence-electron chi connectivity index (χ1n) is 5.50. The Morgan fingerprint density at radius 3 is 3.12 bits per heavy atom. The van der Waals surface area contributed by atoms with Gasteiger partial charge in [0.15, 0.2) is 0 Å². The van der Waals surface area contributed by atoms with Crippen molar-refractivity contribution in [1.82, 2.24) is 20.3 Å². The van der Waals surface area contributed by atoms with Gasteiger partial charge in [-0.25, -0.2) is 0 Å². The Labute approximate surface area is 99.8 Å². The maximum atomic E-state index is 11.4. The van der Waals surface area contributed by atoms with E-state index in [1.165, 1.54) is 7.11 Å². The molecule has 1 unspecified atom stereocenters. The molecule has 0 bridgehead atoms. The molecule has 96 valence electrons. The SMILES string of the molecule is COCC(O)CCNC(=O)CCn1ccnn1. The Kier molecular flexibility index (Phi) is 6.19. The molecule has 0 aliphatic rings. The van der Waals surface area contributed by atoms with Crippen LogP contribution >= 0.6 is 0 Å². The third kappa shape index (κ3) is 5.98. The summed E-state index contributed by atoms with van der Waals surface area (Å²) >= 11 is 0. The molecule has 1 amide bonds. The second-order valence-electron chi connectivity index (χ2n) is 3.66. The van der Waals surface area contributed by atoms with Crippen LogP contribution in [0.5, 0.6) is 0 Å². The van der Waals surface area contributed by atoms with Crippen LogP contribution in [0.2, 0.25) is 0 Å². The first-order chi connectivity index (χ1) is 8.22. The number of carbonyl (C=O) groups is 1. The molecule has 1 atom stereocenters. The fraction of sp³-hybridized carbons (Fsp3) is 0.700. The van der Waals surface area contributed by atoms with Gasteiger partial charge in [-0.2, -0.15) is 0 Å². The van der Waals surface area contributed by atoms with E-state index in [4.69, 9.17) is 4.74 Å². The maximum absolute atomic E-state index is 11.4. The highest BCUT2D eigenvalue weighted by Gasteiger charge is 2.05. The van der Waals surface area contributed by atoms with Gasteiger partial charge in [-0.05, 0) is 6.42 Å². The minimum absolute atomic E-state index is 0.0647. The number of aromatic nitrogens is 3. The number of aliphatic hydroxyl groups excluding tert-OH is 1. The van der Waals surface area contributed by atoms with Crippen LogP contribution in [-0.2, 0) is 16.1 Å². The number of methoxy groups -OCH3 is 1. The summed E-state index contributed by atoms with van der Waals surface area (Å²) in [6.07, 6.45) is 3.58. The number of nitrogens with one attached hydrogen (secondary N) is 1. The largest absolute Gasteiger partial charge is 0.391 e. The van der Waals surface area contributed by atoms with E-state index in [2.05, 4.69) is 15.6 Å². The molecule has 0 aromatic carbocycles. The van der Waals surface area contributed by atoms with Gasteiger partial charge in [0.25, 0.3) is 0 Å². The average Bonchev–Trinajstić information content (AvgIpc) is 2.79. The molecule has 0 saturated heterocycles. The van der Waals surface area contributed by atoms with E-state index < -0.39 is 6.10 Å². The molecule has 2 N–H and O–H groups in total. The average molecular weight is 242 g/mol. The number of rotatable bonds is 8. The zero-order chi connectivity index (χ0) is 12.5. The van der Waals surface area contributed by atoms with Gasteiger partial charge in [0.2, 0.25) is 5.91 Å². The normalized spacial score (nSPS) is 12.4. The van der Waals surface area contributed by atoms with Crippen LogP contribution in [0, 0.1) is 0 Å². The summed E-state index contributed by atoms with van der Waals surface area (Å²) in [5.41, 5.74) is 0. The summed E-state index contributed by atoms with van der Waals surface area (Å²) in [6.45, 7) is 1.24. The Morgan fingerprint density at radius 2 is 2.47 bits per heavy atom. The van der Waals surface area contributed by atoms with Crippen molar-refractivity contribution in [3.8, 4) is 0 Å². The van der Waals surface area contributed by atoms with E-state index in [-0.39, 0.29) is 12.5 Å². The minimum atomic E-state index is -0.532. The first kappa shape index (κ1) is 13.6. The van der Waals surface area contributed by atoms with Crippen molar-refractivity contribution in [3.05, 3.63) is 12.4 Å². The molecule has 0 spiro atoms. The molecule has 0 aliphatic carbocycles. The number of carbonyl (C=O) groups excluding carboxylic acids is 1. The van der Waals surface area contributed by atoms with E-state index >= 15 is 0 Å². The number of aliphatic hydroxyl groups is 1. The summed E-state index contributed by atoms with van der Waals surface area (Å²) in [6, 6.07) is 0. The van der Waals surface area contributed by atoms with Gasteiger partial charge >= 0.3 is 0 Å². The maximum Gasteiger partial charge on any atom is 0.221 e. The van der Waals surface area contributed by atoms with Gasteiger partial charge in [0, 0.05) is 26.3 Å². The highest BCUT2D eigenvalue weighted by atomic mass is 16.5. The molecule has 1 aromatic rings. The van der Waals surface area contributed by atoms with Crippen molar-refractivity contribution in [2.24, 2.45) is 0 Å². The first-order valence-corrected chi connectivity index (χ1v) is 5.50. The zero-order valence-corrected chi connectivity index (χ0v) is 9.87. The quantitative estimate of drug-likeness (QED) is 0.622. The van der Waals surface area contributed by atoms with Gasteiger partial charge in [-0.15, -0.1) is 5.10 Å². The van der Waals surface area contributed by atoms with Crippen molar-refractivity contribution in [3.63, 3.8) is 0 Å². The molecular formula is C10H18N4O3. The molecule has 7 nitrogen and oxygen atoms in total. The summed E-state index contributed by atoms with van der Waals surface area (Å²) < 4.78 is 6.37. The summed E-state index contributed by atoms with van der Waals surface area (Å²) in [5.74, 6) is -0.0647. The van der Waals surface area contributed by atoms with Crippen LogP contribution in [-0.4, -0.2) is 52.4 Å². The van der Waals surface area contributed by atoms with Gasteiger partial charge in [0.1, 0.15) is 0 Å². The zero-order valence-electron chi connectivity index (χ0n) is 9.87. The molecule has 1 heterocycles. The minimum Gasteiger partial charge on any atom is -0.391 e. The molecular weight excluding hydrogens is 224 g/mol. The molecule has 1 rings (SSSR count). The van der Waals surface area contributed by atoms with Crippen molar-refractivity contribution in [2.45, 2.75) is 25.5 Å². The number of hydrogen-bond acceptors (Lipinski definition) is 5. The Balaban J connectivity index is 2.05. The standard InChI is InChI=1S/C10H18N4O3/c1-17-8-9(15)2-4-11-10(16)3-6-14-7-5-12-13-14/h5,7,9,15H,2-4,6,8H2,1H3,(H,11,16). The van der Waals surface area contributed by atoms with E-state index in [1.807, 2.05) is 0 Å². The van der Waals surface area contributed by atoms with E-state index in [0.29, 0.717) is 25.9 Å². The predicted octanol–water partition coefficient (Wildman–Crippen LogP) is -0.818. The van der Waals surface area contributed by atoms with Crippen molar-refractivity contribution < 1.29 is 14.6 Å². The fourth-order valence-electron chi connectivity index (χ4n) is 1.31. The second kappa shape index (κ2) is 7.75. The van der Waals surface area contributed by atoms with Gasteiger partial charge in [0.05, 0.1) is 25.5 Å². The number of nitrogens with zero attached hydrogens (tertiary/aromatic N) is 3. The highest BCUT2D eigenvalue weighted by Crippen LogP contribution is 1.92. The smallest absolute Gasteiger partial charge is 0.221 e. The van der Waals surface area contributed by atoms with Crippen LogP contribution in [0.3, 0.4) is 0 Å². The lowest BCUT2D eigenvalue weighted by Crippen LogP contribution is -2.29. The molecule has 0 aliphatic heterocycles. The monoisotopic (exact) mass is 242 g/mol. The van der Waals surface area contributed by atoms with Crippen LogP contribution in [0.25, 0.3) is 0 Å². The lowest BCUT2D eigenvalue weighted by Gasteiger charge is -2.09. The van der Waals surface area contributed by atoms with Gasteiger partial charge in [-0.1, -0.05) is 5.21 Å². The number of amides is 1. The van der Waals surface area contributed by atoms with E-state index in [9.17, 15) is 9.90 Å². The Bertz CT molecular complexity index is 315. The third-order valence-electron chi connectivity index (χ3n) is 2.20. The van der Waals surface area contributed by atoms with Crippen LogP contribution < -0.4 is 5.32 Å². The summed E-state index contributed by atoms with van der Waals surface area (Å²) in [7, 11) is 1.53. The molecule has 17 heavy (non-hydrogen) atoms. The summed E-state index contributed by atoms with van der Waals surface area (Å²) in [4.78, 5) is 11.4. The molecule has 1 aromatic heterocycles.